The van der Waals surface area contributed by atoms with Gasteiger partial charge >= 0.3 is 0 Å². The number of aromatic nitrogens is 1. The first-order valence-corrected chi connectivity index (χ1v) is 9.66. The van der Waals surface area contributed by atoms with Crippen LogP contribution in [0.15, 0.2) is 83.8 Å². The first-order chi connectivity index (χ1) is 12.5. The molecule has 0 aliphatic carbocycles. The molecular weight excluding hydrogens is 373 g/mol. The van der Waals surface area contributed by atoms with Gasteiger partial charge in [-0.2, -0.15) is 0 Å². The van der Waals surface area contributed by atoms with Crippen LogP contribution < -0.4 is 0 Å². The molecule has 6 heteroatoms. The molecule has 0 saturated heterocycles. The van der Waals surface area contributed by atoms with Gasteiger partial charge in [0.05, 0.1) is 16.1 Å². The number of rotatable bonds is 3. The van der Waals surface area contributed by atoms with E-state index in [4.69, 9.17) is 11.6 Å². The van der Waals surface area contributed by atoms with E-state index in [1.165, 1.54) is 16.1 Å². The van der Waals surface area contributed by atoms with E-state index >= 15 is 0 Å². The Bertz CT molecular complexity index is 1200. The molecule has 26 heavy (non-hydrogen) atoms. The lowest BCUT2D eigenvalue weighted by atomic mass is 10.1. The van der Waals surface area contributed by atoms with Crippen molar-refractivity contribution in [3.63, 3.8) is 0 Å². The molecule has 4 aromatic rings. The van der Waals surface area contributed by atoms with E-state index in [1.807, 2.05) is 30.3 Å². The normalized spacial score (nSPS) is 11.8. The highest BCUT2D eigenvalue weighted by Crippen LogP contribution is 2.33. The summed E-state index contributed by atoms with van der Waals surface area (Å²) in [4.78, 5) is 0.0172. The summed E-state index contributed by atoms with van der Waals surface area (Å²) < 4.78 is 41.1. The molecule has 0 radical (unpaired) electrons. The zero-order valence-corrected chi connectivity index (χ0v) is 15.0. The molecule has 0 amide bonds. The van der Waals surface area contributed by atoms with Crippen molar-refractivity contribution in [3.05, 3.63) is 89.7 Å². The highest BCUT2D eigenvalue weighted by Gasteiger charge is 2.24. The van der Waals surface area contributed by atoms with Crippen molar-refractivity contribution in [3.8, 4) is 11.3 Å². The molecule has 4 rings (SSSR count). The van der Waals surface area contributed by atoms with Gasteiger partial charge in [0.25, 0.3) is 10.0 Å². The van der Waals surface area contributed by atoms with Gasteiger partial charge in [0.15, 0.2) is 0 Å². The number of hydrogen-bond donors (Lipinski definition) is 0. The van der Waals surface area contributed by atoms with Gasteiger partial charge in [0, 0.05) is 10.4 Å². The Kier molecular flexibility index (Phi) is 4.05. The maximum Gasteiger partial charge on any atom is 0.268 e. The average molecular weight is 386 g/mol. The average Bonchev–Trinajstić information content (AvgIpc) is 3.02. The number of nitrogens with zero attached hydrogens (tertiary/aromatic N) is 1. The van der Waals surface area contributed by atoms with Crippen LogP contribution in [0.3, 0.4) is 0 Å². The molecule has 0 atom stereocenters. The predicted molar refractivity (Wildman–Crippen MR) is 101 cm³/mol. The molecule has 0 saturated carbocycles. The summed E-state index contributed by atoms with van der Waals surface area (Å²) in [7, 11) is -3.92. The van der Waals surface area contributed by atoms with Gasteiger partial charge < -0.3 is 0 Å². The van der Waals surface area contributed by atoms with Crippen LogP contribution >= 0.6 is 11.6 Å². The summed E-state index contributed by atoms with van der Waals surface area (Å²) in [6.45, 7) is 0. The minimum Gasteiger partial charge on any atom is -0.233 e. The van der Waals surface area contributed by atoms with Gasteiger partial charge in [-0.15, -0.1) is 0 Å². The number of fused-ring (bicyclic) bond motifs is 1. The molecule has 3 aromatic carbocycles. The van der Waals surface area contributed by atoms with Gasteiger partial charge in [-0.1, -0.05) is 41.9 Å². The Morgan fingerprint density at radius 2 is 1.54 bits per heavy atom. The van der Waals surface area contributed by atoms with E-state index in [9.17, 15) is 12.8 Å². The molecular formula is C20H13ClFNO2S. The summed E-state index contributed by atoms with van der Waals surface area (Å²) in [6, 6.07) is 20.9. The van der Waals surface area contributed by atoms with E-state index in [-0.39, 0.29) is 4.90 Å². The molecule has 1 aromatic heterocycles. The van der Waals surface area contributed by atoms with Crippen molar-refractivity contribution in [2.75, 3.05) is 0 Å². The Morgan fingerprint density at radius 3 is 2.23 bits per heavy atom. The fourth-order valence-corrected chi connectivity index (χ4v) is 4.66. The van der Waals surface area contributed by atoms with E-state index in [1.54, 1.807) is 24.3 Å². The topological polar surface area (TPSA) is 39.1 Å². The summed E-state index contributed by atoms with van der Waals surface area (Å²) in [6.07, 6.45) is 0. The van der Waals surface area contributed by atoms with Gasteiger partial charge in [-0.3, -0.25) is 0 Å². The van der Waals surface area contributed by atoms with Crippen LogP contribution in [-0.2, 0) is 10.0 Å². The van der Waals surface area contributed by atoms with Crippen LogP contribution in [0.4, 0.5) is 4.39 Å². The van der Waals surface area contributed by atoms with E-state index in [0.29, 0.717) is 21.6 Å². The van der Waals surface area contributed by atoms with Crippen LogP contribution in [0.5, 0.6) is 0 Å². The summed E-state index contributed by atoms with van der Waals surface area (Å²) in [5.74, 6) is -0.489. The first-order valence-electron chi connectivity index (χ1n) is 7.84. The highest BCUT2D eigenvalue weighted by molar-refractivity contribution is 7.90. The minimum absolute atomic E-state index is 0.0172. The third-order valence-corrected chi connectivity index (χ3v) is 6.12. The van der Waals surface area contributed by atoms with E-state index in [0.717, 1.165) is 17.7 Å². The lowest BCUT2D eigenvalue weighted by molar-refractivity contribution is 0.588. The maximum atomic E-state index is 13.3. The lowest BCUT2D eigenvalue weighted by Crippen LogP contribution is -2.14. The largest absolute Gasteiger partial charge is 0.268 e. The van der Waals surface area contributed by atoms with E-state index in [2.05, 4.69) is 0 Å². The second-order valence-electron chi connectivity index (χ2n) is 5.82. The molecule has 0 N–H and O–H groups in total. The smallest absolute Gasteiger partial charge is 0.233 e. The van der Waals surface area contributed by atoms with Crippen LogP contribution in [-0.4, -0.2) is 12.4 Å². The van der Waals surface area contributed by atoms with Crippen LogP contribution in [0.25, 0.3) is 22.2 Å². The molecule has 1 heterocycles. The quantitative estimate of drug-likeness (QED) is 0.477. The van der Waals surface area contributed by atoms with Crippen LogP contribution in [0, 0.1) is 5.82 Å². The van der Waals surface area contributed by atoms with Crippen molar-refractivity contribution >= 4 is 32.5 Å². The SMILES string of the molecule is O=S(=O)(c1ccc(F)cc1)n1c(-c2ccccc2)cc2cc(Cl)ccc21. The Morgan fingerprint density at radius 1 is 0.846 bits per heavy atom. The lowest BCUT2D eigenvalue weighted by Gasteiger charge is -2.12. The monoisotopic (exact) mass is 385 g/mol. The maximum absolute atomic E-state index is 13.3. The fraction of sp³-hybridized carbons (Fsp3) is 0. The van der Waals surface area contributed by atoms with E-state index < -0.39 is 15.8 Å². The fourth-order valence-electron chi connectivity index (χ4n) is 2.94. The van der Waals surface area contributed by atoms with Crippen LogP contribution in [0.1, 0.15) is 0 Å². The third-order valence-electron chi connectivity index (χ3n) is 4.14. The van der Waals surface area contributed by atoms with Crippen molar-refractivity contribution in [2.24, 2.45) is 0 Å². The van der Waals surface area contributed by atoms with Crippen molar-refractivity contribution in [1.82, 2.24) is 3.97 Å². The molecule has 130 valence electrons. The summed E-state index contributed by atoms with van der Waals surface area (Å²) >= 11 is 6.07. The van der Waals surface area contributed by atoms with Gasteiger partial charge in [0.1, 0.15) is 5.82 Å². The zero-order chi connectivity index (χ0) is 18.3. The van der Waals surface area contributed by atoms with Crippen molar-refractivity contribution in [1.29, 1.82) is 0 Å². The second-order valence-corrected chi connectivity index (χ2v) is 8.05. The Hall–Kier alpha value is -2.63. The number of halogens is 2. The van der Waals surface area contributed by atoms with Crippen molar-refractivity contribution in [2.45, 2.75) is 4.90 Å². The first kappa shape index (κ1) is 16.8. The predicted octanol–water partition coefficient (Wildman–Crippen LogP) is 5.34. The highest BCUT2D eigenvalue weighted by atomic mass is 35.5. The van der Waals surface area contributed by atoms with Gasteiger partial charge in [0.2, 0.25) is 0 Å². The second kappa shape index (κ2) is 6.27. The van der Waals surface area contributed by atoms with Crippen LogP contribution in [0.2, 0.25) is 5.02 Å². The third kappa shape index (κ3) is 2.79. The molecule has 0 unspecified atom stereocenters. The molecule has 0 aliphatic rings. The van der Waals surface area contributed by atoms with Crippen molar-refractivity contribution < 1.29 is 12.8 Å². The number of benzene rings is 3. The van der Waals surface area contributed by atoms with Gasteiger partial charge in [-0.05, 0) is 54.1 Å². The molecule has 0 bridgehead atoms. The molecule has 0 spiro atoms. The Balaban J connectivity index is 2.06. The standard InChI is InChI=1S/C20H13ClFNO2S/c21-16-6-11-19-15(12-16)13-20(14-4-2-1-3-5-14)23(19)26(24,25)18-9-7-17(22)8-10-18/h1-13H. The summed E-state index contributed by atoms with van der Waals surface area (Å²) in [5, 5.41) is 1.23. The Labute approximate surface area is 155 Å². The van der Waals surface area contributed by atoms with Gasteiger partial charge in [-0.25, -0.2) is 16.8 Å². The molecule has 3 nitrogen and oxygen atoms in total. The molecule has 0 aliphatic heterocycles. The summed E-state index contributed by atoms with van der Waals surface area (Å²) in [5.41, 5.74) is 1.79. The minimum atomic E-state index is -3.92. The number of hydrogen-bond acceptors (Lipinski definition) is 2. The molecule has 0 fully saturated rings. The zero-order valence-electron chi connectivity index (χ0n) is 13.4.